The third-order valence-electron chi connectivity index (χ3n) is 12.5. The molecule has 0 aliphatic carbocycles. The van der Waals surface area contributed by atoms with Gasteiger partial charge in [-0.25, -0.2) is 0 Å². The molecule has 0 unspecified atom stereocenters. The predicted molar refractivity (Wildman–Crippen MR) is 263 cm³/mol. The lowest BCUT2D eigenvalue weighted by atomic mass is 9.91. The lowest BCUT2D eigenvalue weighted by molar-refractivity contribution is 0.672. The van der Waals surface area contributed by atoms with Gasteiger partial charge in [-0.15, -0.1) is 0 Å². The molecule has 12 rings (SSSR count). The Morgan fingerprint density at radius 1 is 0.290 bits per heavy atom. The van der Waals surface area contributed by atoms with E-state index in [0.717, 1.165) is 55.3 Å². The summed E-state index contributed by atoms with van der Waals surface area (Å²) in [6.45, 7) is 0. The number of nitrogens with zero attached hydrogens (tertiary/aromatic N) is 1. The summed E-state index contributed by atoms with van der Waals surface area (Å²) in [6, 6.07) is 85.4. The van der Waals surface area contributed by atoms with Gasteiger partial charge in [-0.05, 0) is 126 Å². The highest BCUT2D eigenvalue weighted by molar-refractivity contribution is 6.20. The van der Waals surface area contributed by atoms with E-state index in [4.69, 9.17) is 4.42 Å². The van der Waals surface area contributed by atoms with Gasteiger partial charge in [0.25, 0.3) is 0 Å². The fourth-order valence-electron chi connectivity index (χ4n) is 9.48. The molecule has 0 saturated carbocycles. The molecule has 2 heteroatoms. The lowest BCUT2D eigenvalue weighted by Crippen LogP contribution is -2.10. The molecular weight excluding hydrogens is 751 g/mol. The van der Waals surface area contributed by atoms with Crippen LogP contribution in [-0.4, -0.2) is 0 Å². The van der Waals surface area contributed by atoms with Gasteiger partial charge in [0.2, 0.25) is 0 Å². The number of fused-ring (bicyclic) bond motifs is 8. The molecule has 0 radical (unpaired) electrons. The van der Waals surface area contributed by atoms with Gasteiger partial charge in [-0.3, -0.25) is 0 Å². The molecule has 0 saturated heterocycles. The van der Waals surface area contributed by atoms with Crippen molar-refractivity contribution >= 4 is 71.3 Å². The Hall–Kier alpha value is -8.20. The van der Waals surface area contributed by atoms with Gasteiger partial charge < -0.3 is 9.32 Å². The molecule has 0 bridgehead atoms. The first-order valence-corrected chi connectivity index (χ1v) is 21.2. The van der Waals surface area contributed by atoms with E-state index in [9.17, 15) is 0 Å². The molecule has 11 aromatic carbocycles. The average molecular weight is 790 g/mol. The Balaban J connectivity index is 1.01. The first kappa shape index (κ1) is 35.7. The topological polar surface area (TPSA) is 16.4 Å². The van der Waals surface area contributed by atoms with E-state index >= 15 is 0 Å². The second-order valence-electron chi connectivity index (χ2n) is 16.0. The maximum Gasteiger partial charge on any atom is 0.143 e. The van der Waals surface area contributed by atoms with Crippen molar-refractivity contribution in [3.8, 4) is 44.5 Å². The zero-order chi connectivity index (χ0) is 41.0. The van der Waals surface area contributed by atoms with Gasteiger partial charge in [0.05, 0.1) is 11.1 Å². The molecule has 0 N–H and O–H groups in total. The Bertz CT molecular complexity index is 3610. The maximum absolute atomic E-state index is 6.72. The van der Waals surface area contributed by atoms with Gasteiger partial charge in [0, 0.05) is 22.1 Å². The lowest BCUT2D eigenvalue weighted by Gasteiger charge is -2.27. The molecule has 0 amide bonds. The third-order valence-corrected chi connectivity index (χ3v) is 12.5. The van der Waals surface area contributed by atoms with E-state index in [0.29, 0.717) is 0 Å². The van der Waals surface area contributed by atoms with Crippen LogP contribution >= 0.6 is 0 Å². The zero-order valence-electron chi connectivity index (χ0n) is 33.9. The van der Waals surface area contributed by atoms with Crippen LogP contribution in [0.4, 0.5) is 17.1 Å². The number of hydrogen-bond donors (Lipinski definition) is 0. The minimum atomic E-state index is 0.863. The van der Waals surface area contributed by atoms with Crippen molar-refractivity contribution < 1.29 is 4.42 Å². The Kier molecular flexibility index (Phi) is 8.53. The van der Waals surface area contributed by atoms with Crippen LogP contribution in [0.2, 0.25) is 0 Å². The highest BCUT2D eigenvalue weighted by atomic mass is 16.3. The Morgan fingerprint density at radius 3 is 1.58 bits per heavy atom. The van der Waals surface area contributed by atoms with Crippen LogP contribution in [0, 0.1) is 0 Å². The zero-order valence-corrected chi connectivity index (χ0v) is 33.9. The highest BCUT2D eigenvalue weighted by Gasteiger charge is 2.21. The summed E-state index contributed by atoms with van der Waals surface area (Å²) >= 11 is 0. The largest absolute Gasteiger partial charge is 0.455 e. The predicted octanol–water partition coefficient (Wildman–Crippen LogP) is 17.2. The van der Waals surface area contributed by atoms with Gasteiger partial charge in [0.1, 0.15) is 11.2 Å². The SMILES string of the molecule is c1ccc(-c2ccc(-c3ccc(N(c4ccc(-c5cc6ccccc6c6ccccc56)cc4)c4cccc5oc6c7ccccc7ccc6c45)cc3)cc2-c2ccccc2)cc1. The fourth-order valence-corrected chi connectivity index (χ4v) is 9.48. The number of furan rings is 1. The summed E-state index contributed by atoms with van der Waals surface area (Å²) < 4.78 is 6.72. The van der Waals surface area contributed by atoms with E-state index in [1.807, 2.05) is 0 Å². The van der Waals surface area contributed by atoms with Crippen molar-refractivity contribution in [1.29, 1.82) is 0 Å². The van der Waals surface area contributed by atoms with E-state index in [1.165, 1.54) is 60.5 Å². The molecule has 12 aromatic rings. The molecule has 0 spiro atoms. The average Bonchev–Trinajstić information content (AvgIpc) is 3.75. The van der Waals surface area contributed by atoms with Crippen molar-refractivity contribution in [3.05, 3.63) is 237 Å². The molecule has 1 aromatic heterocycles. The number of anilines is 3. The quantitative estimate of drug-likeness (QED) is 0.150. The molecule has 2 nitrogen and oxygen atoms in total. The molecular formula is C60H39NO. The summed E-state index contributed by atoms with van der Waals surface area (Å²) in [5.41, 5.74) is 14.5. The molecule has 0 aliphatic rings. The molecule has 0 fully saturated rings. The Labute approximate surface area is 360 Å². The first-order valence-electron chi connectivity index (χ1n) is 21.2. The van der Waals surface area contributed by atoms with E-state index in [-0.39, 0.29) is 0 Å². The van der Waals surface area contributed by atoms with Crippen molar-refractivity contribution in [2.45, 2.75) is 0 Å². The van der Waals surface area contributed by atoms with Gasteiger partial charge in [0.15, 0.2) is 0 Å². The first-order chi connectivity index (χ1) is 30.7. The fraction of sp³-hybridized carbons (Fsp3) is 0. The molecule has 0 aliphatic heterocycles. The molecule has 290 valence electrons. The smallest absolute Gasteiger partial charge is 0.143 e. The van der Waals surface area contributed by atoms with Gasteiger partial charge >= 0.3 is 0 Å². The summed E-state index contributed by atoms with van der Waals surface area (Å²) in [7, 11) is 0. The van der Waals surface area contributed by atoms with Crippen LogP contribution in [0.5, 0.6) is 0 Å². The van der Waals surface area contributed by atoms with Gasteiger partial charge in [-0.2, -0.15) is 0 Å². The summed E-state index contributed by atoms with van der Waals surface area (Å²) in [5, 5.41) is 9.50. The molecule has 62 heavy (non-hydrogen) atoms. The van der Waals surface area contributed by atoms with Crippen LogP contribution in [-0.2, 0) is 0 Å². The van der Waals surface area contributed by atoms with Crippen molar-refractivity contribution in [2.24, 2.45) is 0 Å². The molecule has 1 heterocycles. The summed E-state index contributed by atoms with van der Waals surface area (Å²) in [6.07, 6.45) is 0. The van der Waals surface area contributed by atoms with E-state index in [1.54, 1.807) is 0 Å². The van der Waals surface area contributed by atoms with Crippen molar-refractivity contribution in [3.63, 3.8) is 0 Å². The minimum Gasteiger partial charge on any atom is -0.455 e. The maximum atomic E-state index is 6.72. The number of hydrogen-bond acceptors (Lipinski definition) is 2. The van der Waals surface area contributed by atoms with Crippen molar-refractivity contribution in [2.75, 3.05) is 4.90 Å². The van der Waals surface area contributed by atoms with Crippen LogP contribution < -0.4 is 4.90 Å². The van der Waals surface area contributed by atoms with E-state index in [2.05, 4.69) is 241 Å². The molecule has 0 atom stereocenters. The standard InChI is InChI=1S/C60H39NO/c1-3-14-41(15-4-1)50-36-31-45(38-55(50)42-16-5-2-6-17-42)40-26-32-47(33-27-40)61(57-24-13-25-58-59(57)54-37-30-43-18-7-10-21-51(43)60(54)62-58)48-34-28-44(29-35-48)56-39-46-19-8-9-20-49(46)52-22-11-12-23-53(52)56/h1-39H. The minimum absolute atomic E-state index is 0.863. The second kappa shape index (κ2) is 14.8. The highest BCUT2D eigenvalue weighted by Crippen LogP contribution is 2.46. The normalized spacial score (nSPS) is 11.5. The monoisotopic (exact) mass is 789 g/mol. The third kappa shape index (κ3) is 6.04. The van der Waals surface area contributed by atoms with Crippen LogP contribution in [0.3, 0.4) is 0 Å². The van der Waals surface area contributed by atoms with Gasteiger partial charge in [-0.1, -0.05) is 182 Å². The van der Waals surface area contributed by atoms with Crippen LogP contribution in [0.25, 0.3) is 98.8 Å². The van der Waals surface area contributed by atoms with Crippen LogP contribution in [0.1, 0.15) is 0 Å². The van der Waals surface area contributed by atoms with Crippen LogP contribution in [0.15, 0.2) is 241 Å². The summed E-state index contributed by atoms with van der Waals surface area (Å²) in [5.74, 6) is 0. The van der Waals surface area contributed by atoms with E-state index < -0.39 is 0 Å². The second-order valence-corrected chi connectivity index (χ2v) is 16.0. The number of benzene rings is 11. The Morgan fingerprint density at radius 2 is 0.855 bits per heavy atom. The summed E-state index contributed by atoms with van der Waals surface area (Å²) in [4.78, 5) is 2.38. The van der Waals surface area contributed by atoms with Crippen molar-refractivity contribution in [1.82, 2.24) is 0 Å². The number of rotatable bonds is 7.